The van der Waals surface area contributed by atoms with Gasteiger partial charge in [-0.25, -0.2) is 4.79 Å². The fourth-order valence-corrected chi connectivity index (χ4v) is 1.86. The molecule has 0 atom stereocenters. The van der Waals surface area contributed by atoms with Crippen molar-refractivity contribution >= 4 is 28.4 Å². The summed E-state index contributed by atoms with van der Waals surface area (Å²) in [6.45, 7) is 0. The Morgan fingerprint density at radius 1 is 1.05 bits per heavy atom. The van der Waals surface area contributed by atoms with Crippen LogP contribution in [0.15, 0.2) is 48.7 Å². The highest BCUT2D eigenvalue weighted by Crippen LogP contribution is 2.23. The molecule has 0 amide bonds. The lowest BCUT2D eigenvalue weighted by Gasteiger charge is -2.08. The largest absolute Gasteiger partial charge is 0.476 e. The Kier molecular flexibility index (Phi) is 2.96. The van der Waals surface area contributed by atoms with E-state index in [0.717, 1.165) is 16.6 Å². The highest BCUT2D eigenvalue weighted by atomic mass is 16.4. The molecule has 3 aromatic rings. The zero-order chi connectivity index (χ0) is 13.9. The van der Waals surface area contributed by atoms with Crippen LogP contribution >= 0.6 is 0 Å². The molecule has 0 saturated heterocycles. The predicted molar refractivity (Wildman–Crippen MR) is 74.0 cm³/mol. The number of carboxylic acids is 1. The van der Waals surface area contributed by atoms with E-state index in [-0.39, 0.29) is 5.69 Å². The summed E-state index contributed by atoms with van der Waals surface area (Å²) in [5.74, 6) is -0.621. The zero-order valence-electron chi connectivity index (χ0n) is 10.3. The fourth-order valence-electron chi connectivity index (χ4n) is 1.86. The van der Waals surface area contributed by atoms with Gasteiger partial charge in [-0.1, -0.05) is 6.07 Å². The Bertz CT molecular complexity index is 766. The van der Waals surface area contributed by atoms with Crippen molar-refractivity contribution in [3.63, 3.8) is 0 Å². The number of fused-ring (bicyclic) bond motifs is 1. The van der Waals surface area contributed by atoms with E-state index in [9.17, 15) is 4.79 Å². The minimum absolute atomic E-state index is 0.0878. The average Bonchev–Trinajstić information content (AvgIpc) is 2.48. The number of anilines is 2. The van der Waals surface area contributed by atoms with E-state index < -0.39 is 5.97 Å². The number of nitrogens with zero attached hydrogens (tertiary/aromatic N) is 3. The molecular weight excluding hydrogens is 256 g/mol. The molecule has 0 unspecified atom stereocenters. The first-order chi connectivity index (χ1) is 9.74. The highest BCUT2D eigenvalue weighted by Gasteiger charge is 2.06. The summed E-state index contributed by atoms with van der Waals surface area (Å²) in [4.78, 5) is 15.0. The number of nitrogens with one attached hydrogen (secondary N) is 1. The number of aromatic carboxylic acids is 1. The molecule has 0 aliphatic rings. The average molecular weight is 266 g/mol. The third-order valence-corrected chi connectivity index (χ3v) is 2.79. The minimum Gasteiger partial charge on any atom is -0.476 e. The summed E-state index contributed by atoms with van der Waals surface area (Å²) in [6, 6.07) is 12.5. The van der Waals surface area contributed by atoms with Crippen LogP contribution in [0.4, 0.5) is 11.5 Å². The molecule has 0 aliphatic heterocycles. The smallest absolute Gasteiger partial charge is 0.356 e. The molecule has 0 radical (unpaired) electrons. The number of hydrogen-bond donors (Lipinski definition) is 2. The highest BCUT2D eigenvalue weighted by molar-refractivity contribution is 5.92. The van der Waals surface area contributed by atoms with E-state index in [1.54, 1.807) is 12.3 Å². The first-order valence-corrected chi connectivity index (χ1v) is 5.92. The summed E-state index contributed by atoms with van der Waals surface area (Å²) in [6.07, 6.45) is 1.73. The minimum atomic E-state index is -1.10. The van der Waals surface area contributed by atoms with E-state index in [1.807, 2.05) is 30.3 Å². The predicted octanol–water partition coefficient (Wildman–Crippen LogP) is 2.47. The van der Waals surface area contributed by atoms with E-state index >= 15 is 0 Å². The summed E-state index contributed by atoms with van der Waals surface area (Å²) in [7, 11) is 0. The molecule has 6 nitrogen and oxygen atoms in total. The van der Waals surface area contributed by atoms with Crippen molar-refractivity contribution in [1.82, 2.24) is 15.2 Å². The zero-order valence-corrected chi connectivity index (χ0v) is 10.3. The number of hydrogen-bond acceptors (Lipinski definition) is 5. The number of aromatic nitrogens is 3. The van der Waals surface area contributed by atoms with E-state index in [2.05, 4.69) is 20.5 Å². The van der Waals surface area contributed by atoms with Gasteiger partial charge < -0.3 is 10.4 Å². The van der Waals surface area contributed by atoms with Gasteiger partial charge >= 0.3 is 5.97 Å². The van der Waals surface area contributed by atoms with Crippen LogP contribution in [0.3, 0.4) is 0 Å². The molecule has 0 bridgehead atoms. The summed E-state index contributed by atoms with van der Waals surface area (Å²) < 4.78 is 0. The van der Waals surface area contributed by atoms with Gasteiger partial charge in [0.2, 0.25) is 0 Å². The Labute approximate surface area is 114 Å². The van der Waals surface area contributed by atoms with E-state index in [0.29, 0.717) is 5.82 Å². The van der Waals surface area contributed by atoms with Crippen molar-refractivity contribution in [2.75, 3.05) is 5.32 Å². The number of carbonyl (C=O) groups is 1. The molecular formula is C14H10N4O2. The van der Waals surface area contributed by atoms with Gasteiger partial charge in [0.15, 0.2) is 11.5 Å². The standard InChI is InChI=1S/C14H10N4O2/c19-14(20)12-6-7-13(18-17-12)16-11-5-1-4-10-9(11)3-2-8-15-10/h1-8H,(H,16,18)(H,19,20). The van der Waals surface area contributed by atoms with Gasteiger partial charge in [-0.3, -0.25) is 4.98 Å². The Morgan fingerprint density at radius 3 is 2.70 bits per heavy atom. The van der Waals surface area contributed by atoms with Crippen LogP contribution in [0.1, 0.15) is 10.5 Å². The molecule has 1 aromatic carbocycles. The molecule has 0 fully saturated rings. The molecule has 20 heavy (non-hydrogen) atoms. The van der Waals surface area contributed by atoms with Crippen molar-refractivity contribution < 1.29 is 9.90 Å². The van der Waals surface area contributed by atoms with Crippen LogP contribution in [0.25, 0.3) is 10.9 Å². The topological polar surface area (TPSA) is 88.0 Å². The van der Waals surface area contributed by atoms with Crippen molar-refractivity contribution in [2.24, 2.45) is 0 Å². The molecule has 98 valence electrons. The number of pyridine rings is 1. The lowest BCUT2D eigenvalue weighted by molar-refractivity contribution is 0.0689. The second-order valence-corrected chi connectivity index (χ2v) is 4.11. The molecule has 0 aliphatic carbocycles. The normalized spacial score (nSPS) is 10.4. The molecule has 0 saturated carbocycles. The van der Waals surface area contributed by atoms with Gasteiger partial charge in [-0.15, -0.1) is 10.2 Å². The van der Waals surface area contributed by atoms with Crippen LogP contribution in [-0.4, -0.2) is 26.3 Å². The Balaban J connectivity index is 1.95. The second-order valence-electron chi connectivity index (χ2n) is 4.11. The Hall–Kier alpha value is -3.02. The van der Waals surface area contributed by atoms with E-state index in [1.165, 1.54) is 6.07 Å². The third-order valence-electron chi connectivity index (χ3n) is 2.79. The fraction of sp³-hybridized carbons (Fsp3) is 0. The van der Waals surface area contributed by atoms with Crippen LogP contribution in [0.2, 0.25) is 0 Å². The maximum atomic E-state index is 10.7. The third kappa shape index (κ3) is 2.26. The molecule has 2 aromatic heterocycles. The van der Waals surface area contributed by atoms with Crippen LogP contribution in [-0.2, 0) is 0 Å². The Morgan fingerprint density at radius 2 is 1.95 bits per heavy atom. The molecule has 6 heteroatoms. The van der Waals surface area contributed by atoms with Crippen molar-refractivity contribution in [3.05, 3.63) is 54.4 Å². The first kappa shape index (κ1) is 12.0. The number of carboxylic acid groups (broad SMARTS) is 1. The lowest BCUT2D eigenvalue weighted by atomic mass is 10.2. The quantitative estimate of drug-likeness (QED) is 0.757. The monoisotopic (exact) mass is 266 g/mol. The number of benzene rings is 1. The maximum absolute atomic E-state index is 10.7. The first-order valence-electron chi connectivity index (χ1n) is 5.92. The van der Waals surface area contributed by atoms with Gasteiger partial charge in [0.05, 0.1) is 5.52 Å². The van der Waals surface area contributed by atoms with Gasteiger partial charge in [-0.2, -0.15) is 0 Å². The maximum Gasteiger partial charge on any atom is 0.356 e. The van der Waals surface area contributed by atoms with Gasteiger partial charge in [-0.05, 0) is 36.4 Å². The number of rotatable bonds is 3. The van der Waals surface area contributed by atoms with Crippen LogP contribution in [0.5, 0.6) is 0 Å². The van der Waals surface area contributed by atoms with Crippen molar-refractivity contribution in [3.8, 4) is 0 Å². The molecule has 2 heterocycles. The van der Waals surface area contributed by atoms with Crippen LogP contribution in [0, 0.1) is 0 Å². The summed E-state index contributed by atoms with van der Waals surface area (Å²) in [5.41, 5.74) is 1.62. The SMILES string of the molecule is O=C(O)c1ccc(Nc2cccc3ncccc23)nn1. The van der Waals surface area contributed by atoms with Gasteiger partial charge in [0.1, 0.15) is 0 Å². The van der Waals surface area contributed by atoms with Crippen molar-refractivity contribution in [2.45, 2.75) is 0 Å². The van der Waals surface area contributed by atoms with E-state index in [4.69, 9.17) is 5.11 Å². The molecule has 3 rings (SSSR count). The lowest BCUT2D eigenvalue weighted by Crippen LogP contribution is -2.03. The molecule has 2 N–H and O–H groups in total. The van der Waals surface area contributed by atoms with Crippen LogP contribution < -0.4 is 5.32 Å². The van der Waals surface area contributed by atoms with Gasteiger partial charge in [0.25, 0.3) is 0 Å². The van der Waals surface area contributed by atoms with Crippen molar-refractivity contribution in [1.29, 1.82) is 0 Å². The summed E-state index contributed by atoms with van der Waals surface area (Å²) >= 11 is 0. The molecule has 0 spiro atoms. The van der Waals surface area contributed by atoms with Gasteiger partial charge in [0, 0.05) is 17.3 Å². The second kappa shape index (κ2) is 4.93. The summed E-state index contributed by atoms with van der Waals surface area (Å²) in [5, 5.41) is 20.3.